The second-order valence-electron chi connectivity index (χ2n) is 7.47. The molecule has 2 fully saturated rings. The molecule has 1 aromatic carbocycles. The van der Waals surface area contributed by atoms with Crippen LogP contribution < -0.4 is 0 Å². The maximum absolute atomic E-state index is 12.8. The Morgan fingerprint density at radius 2 is 1.80 bits per heavy atom. The third-order valence-electron chi connectivity index (χ3n) is 5.09. The van der Waals surface area contributed by atoms with E-state index in [0.717, 1.165) is 6.54 Å². The molecular weight excluding hydrogens is 362 g/mol. The monoisotopic (exact) mass is 385 g/mol. The molecule has 0 saturated carbocycles. The smallest absolute Gasteiger partial charge is 0.253 e. The summed E-state index contributed by atoms with van der Waals surface area (Å²) in [6.45, 7) is 6.94. The van der Waals surface area contributed by atoms with Gasteiger partial charge in [-0.25, -0.2) is 8.42 Å². The van der Waals surface area contributed by atoms with Crippen molar-refractivity contribution in [2.24, 2.45) is 0 Å². The van der Waals surface area contributed by atoms with Gasteiger partial charge in [-0.15, -0.1) is 0 Å². The van der Waals surface area contributed by atoms with E-state index < -0.39 is 10.0 Å². The molecule has 2 heterocycles. The predicted octanol–water partition coefficient (Wildman–Crippen LogP) is 1.52. The van der Waals surface area contributed by atoms with Crippen LogP contribution in [0.2, 0.25) is 5.02 Å². The zero-order valence-electron chi connectivity index (χ0n) is 14.8. The molecule has 1 atom stereocenters. The van der Waals surface area contributed by atoms with Crippen LogP contribution in [0.25, 0.3) is 0 Å². The van der Waals surface area contributed by atoms with Gasteiger partial charge in [-0.3, -0.25) is 9.69 Å². The van der Waals surface area contributed by atoms with Crippen LogP contribution in [0.1, 0.15) is 24.2 Å². The number of carbonyl (C=O) groups excluding carboxylic acids is 1. The van der Waals surface area contributed by atoms with Gasteiger partial charge >= 0.3 is 0 Å². The van der Waals surface area contributed by atoms with Crippen molar-refractivity contribution in [3.05, 3.63) is 34.9 Å². The van der Waals surface area contributed by atoms with Gasteiger partial charge in [-0.1, -0.05) is 11.6 Å². The number of hydrogen-bond acceptors (Lipinski definition) is 4. The molecule has 0 aliphatic carbocycles. The molecule has 1 aromatic rings. The fraction of sp³-hybridized carbons (Fsp3) is 0.588. The molecule has 0 unspecified atom stereocenters. The number of amides is 1. The highest BCUT2D eigenvalue weighted by molar-refractivity contribution is 7.88. The number of carbonyl (C=O) groups is 1. The normalized spacial score (nSPS) is 24.8. The minimum absolute atomic E-state index is 0.00322. The number of sulfonamides is 1. The van der Waals surface area contributed by atoms with Crippen molar-refractivity contribution >= 4 is 27.5 Å². The molecule has 3 rings (SSSR count). The van der Waals surface area contributed by atoms with Crippen LogP contribution in [0.4, 0.5) is 0 Å². The molecular formula is C17H24ClN3O3S. The maximum atomic E-state index is 12.8. The lowest BCUT2D eigenvalue weighted by molar-refractivity contribution is -0.0372. The van der Waals surface area contributed by atoms with Crippen molar-refractivity contribution in [3.63, 3.8) is 0 Å². The molecule has 0 bridgehead atoms. The molecule has 0 aromatic heterocycles. The van der Waals surface area contributed by atoms with Gasteiger partial charge in [0.05, 0.1) is 6.26 Å². The van der Waals surface area contributed by atoms with Crippen LogP contribution in [0.5, 0.6) is 0 Å². The highest BCUT2D eigenvalue weighted by Gasteiger charge is 2.45. The van der Waals surface area contributed by atoms with E-state index in [-0.39, 0.29) is 17.5 Å². The first-order chi connectivity index (χ1) is 11.6. The summed E-state index contributed by atoms with van der Waals surface area (Å²) in [6, 6.07) is 6.87. The highest BCUT2D eigenvalue weighted by Crippen LogP contribution is 2.29. The van der Waals surface area contributed by atoms with Gasteiger partial charge in [0, 0.05) is 54.9 Å². The van der Waals surface area contributed by atoms with Gasteiger partial charge in [0.25, 0.3) is 5.91 Å². The first kappa shape index (κ1) is 18.6. The second-order valence-corrected chi connectivity index (χ2v) is 9.89. The van der Waals surface area contributed by atoms with Gasteiger partial charge in [0.2, 0.25) is 10.0 Å². The molecule has 0 spiro atoms. The summed E-state index contributed by atoms with van der Waals surface area (Å²) in [5, 5.41) is 0.596. The van der Waals surface area contributed by atoms with Crippen molar-refractivity contribution in [3.8, 4) is 0 Å². The first-order valence-corrected chi connectivity index (χ1v) is 10.6. The number of halogens is 1. The lowest BCUT2D eigenvalue weighted by Crippen LogP contribution is -2.70. The second kappa shape index (κ2) is 6.54. The highest BCUT2D eigenvalue weighted by atomic mass is 35.5. The predicted molar refractivity (Wildman–Crippen MR) is 98.3 cm³/mol. The Bertz CT molecular complexity index is 764. The average molecular weight is 386 g/mol. The number of hydrogen-bond donors (Lipinski definition) is 0. The Balaban J connectivity index is 1.78. The molecule has 0 radical (unpaired) electrons. The molecule has 2 aliphatic heterocycles. The van der Waals surface area contributed by atoms with Gasteiger partial charge < -0.3 is 4.90 Å². The molecule has 8 heteroatoms. The maximum Gasteiger partial charge on any atom is 0.253 e. The van der Waals surface area contributed by atoms with E-state index in [1.807, 2.05) is 4.90 Å². The van der Waals surface area contributed by atoms with Crippen molar-refractivity contribution in [2.45, 2.75) is 25.4 Å². The third-order valence-corrected chi connectivity index (χ3v) is 6.55. The summed E-state index contributed by atoms with van der Waals surface area (Å²) in [6.07, 6.45) is 1.25. The number of benzene rings is 1. The van der Waals surface area contributed by atoms with Crippen molar-refractivity contribution < 1.29 is 13.2 Å². The summed E-state index contributed by atoms with van der Waals surface area (Å²) < 4.78 is 25.6. The van der Waals surface area contributed by atoms with Gasteiger partial charge in [-0.2, -0.15) is 4.31 Å². The Morgan fingerprint density at radius 3 is 2.40 bits per heavy atom. The lowest BCUT2D eigenvalue weighted by Gasteiger charge is -2.54. The molecule has 6 nitrogen and oxygen atoms in total. The van der Waals surface area contributed by atoms with Crippen LogP contribution in [-0.2, 0) is 10.0 Å². The van der Waals surface area contributed by atoms with E-state index in [4.69, 9.17) is 11.6 Å². The largest absolute Gasteiger partial charge is 0.336 e. The van der Waals surface area contributed by atoms with Crippen molar-refractivity contribution in [1.82, 2.24) is 14.1 Å². The van der Waals surface area contributed by atoms with Crippen LogP contribution in [0.15, 0.2) is 24.3 Å². The molecule has 2 saturated heterocycles. The fourth-order valence-corrected chi connectivity index (χ4v) is 4.96. The Morgan fingerprint density at radius 1 is 1.16 bits per heavy atom. The summed E-state index contributed by atoms with van der Waals surface area (Å²) >= 11 is 5.89. The fourth-order valence-electron chi connectivity index (χ4n) is 3.84. The number of fused-ring (bicyclic) bond motifs is 1. The van der Waals surface area contributed by atoms with Crippen molar-refractivity contribution in [2.75, 3.05) is 39.0 Å². The van der Waals surface area contributed by atoms with E-state index in [9.17, 15) is 13.2 Å². The molecule has 2 aliphatic rings. The summed E-state index contributed by atoms with van der Waals surface area (Å²) in [5.74, 6) is -0.0365. The topological polar surface area (TPSA) is 60.9 Å². The van der Waals surface area contributed by atoms with Crippen LogP contribution >= 0.6 is 11.6 Å². The zero-order valence-corrected chi connectivity index (χ0v) is 16.3. The lowest BCUT2D eigenvalue weighted by atomic mass is 9.94. The van der Waals surface area contributed by atoms with Crippen LogP contribution in [-0.4, -0.2) is 79.0 Å². The van der Waals surface area contributed by atoms with Crippen LogP contribution in [0, 0.1) is 0 Å². The number of rotatable bonds is 2. The summed E-state index contributed by atoms with van der Waals surface area (Å²) in [4.78, 5) is 16.9. The summed E-state index contributed by atoms with van der Waals surface area (Å²) in [5.41, 5.74) is 0.356. The van der Waals surface area contributed by atoms with Gasteiger partial charge in [-0.05, 0) is 38.1 Å². The van der Waals surface area contributed by atoms with E-state index in [1.165, 1.54) is 10.6 Å². The third kappa shape index (κ3) is 3.84. The molecule has 138 valence electrons. The molecule has 0 N–H and O–H groups in total. The number of piperazine rings is 2. The van der Waals surface area contributed by atoms with E-state index in [1.54, 1.807) is 24.3 Å². The average Bonchev–Trinajstić information content (AvgIpc) is 2.53. The minimum Gasteiger partial charge on any atom is -0.336 e. The van der Waals surface area contributed by atoms with Gasteiger partial charge in [0.1, 0.15) is 0 Å². The Kier molecular flexibility index (Phi) is 4.87. The van der Waals surface area contributed by atoms with Gasteiger partial charge in [0.15, 0.2) is 0 Å². The molecule has 25 heavy (non-hydrogen) atoms. The standard InChI is InChI=1S/C17H24ClN3O3S/c1-17(2)12-20(25(3,23)24)11-15-10-19(8-9-21(15)17)16(22)13-4-6-14(18)7-5-13/h4-7,15H,8-12H2,1-3H3/t15-/m0/s1. The van der Waals surface area contributed by atoms with Crippen LogP contribution in [0.3, 0.4) is 0 Å². The Labute approximate surface area is 154 Å². The van der Waals surface area contributed by atoms with E-state index >= 15 is 0 Å². The Hall–Kier alpha value is -1.15. The quantitative estimate of drug-likeness (QED) is 0.774. The SMILES string of the molecule is CC1(C)CN(S(C)(=O)=O)C[C@@H]2CN(C(=O)c3ccc(Cl)cc3)CCN21. The minimum atomic E-state index is -3.25. The number of nitrogens with zero attached hydrogens (tertiary/aromatic N) is 3. The van der Waals surface area contributed by atoms with Crippen molar-refractivity contribution in [1.29, 1.82) is 0 Å². The molecule has 1 amide bonds. The first-order valence-electron chi connectivity index (χ1n) is 8.35. The summed E-state index contributed by atoms with van der Waals surface area (Å²) in [7, 11) is -3.25. The van der Waals surface area contributed by atoms with E-state index in [2.05, 4.69) is 18.7 Å². The zero-order chi connectivity index (χ0) is 18.4. The van der Waals surface area contributed by atoms with E-state index in [0.29, 0.717) is 36.8 Å².